The number of benzene rings is 1. The Balaban J connectivity index is 1.94. The Bertz CT molecular complexity index is 361. The number of primary amides is 1. The highest BCUT2D eigenvalue weighted by Crippen LogP contribution is 2.26. The molecule has 0 atom stereocenters. The van der Waals surface area contributed by atoms with Crippen molar-refractivity contribution in [2.75, 3.05) is 11.9 Å². The quantitative estimate of drug-likeness (QED) is 0.759. The number of rotatable bonds is 5. The van der Waals surface area contributed by atoms with E-state index in [0.717, 1.165) is 5.69 Å². The normalized spacial score (nSPS) is 14.7. The number of carbonyl (C=O) groups excluding carboxylic acids is 1. The third-order valence-electron chi connectivity index (χ3n) is 2.16. The number of carbonyl (C=O) groups is 1. The van der Waals surface area contributed by atoms with Gasteiger partial charge in [0.15, 0.2) is 6.61 Å². The van der Waals surface area contributed by atoms with Gasteiger partial charge in [-0.3, -0.25) is 4.79 Å². The third-order valence-corrected chi connectivity index (χ3v) is 2.16. The first-order valence-corrected chi connectivity index (χ1v) is 5.02. The standard InChI is InChI=1S/C11H14N2O2/c12-11(14)7-15-10-3-1-2-9(6-10)13-8-4-5-8/h1-3,6,8,13H,4-5,7H2,(H2,12,14). The molecule has 0 spiro atoms. The molecule has 1 aromatic carbocycles. The maximum atomic E-state index is 10.5. The summed E-state index contributed by atoms with van der Waals surface area (Å²) in [6.07, 6.45) is 2.46. The third kappa shape index (κ3) is 3.16. The van der Waals surface area contributed by atoms with E-state index in [2.05, 4.69) is 5.32 Å². The fourth-order valence-corrected chi connectivity index (χ4v) is 1.29. The van der Waals surface area contributed by atoms with Gasteiger partial charge < -0.3 is 15.8 Å². The molecule has 0 bridgehead atoms. The van der Waals surface area contributed by atoms with Crippen molar-refractivity contribution in [1.29, 1.82) is 0 Å². The van der Waals surface area contributed by atoms with Crippen LogP contribution in [0.4, 0.5) is 5.69 Å². The largest absolute Gasteiger partial charge is 0.484 e. The van der Waals surface area contributed by atoms with E-state index in [0.29, 0.717) is 11.8 Å². The number of nitrogens with two attached hydrogens (primary N) is 1. The Morgan fingerprint density at radius 2 is 2.33 bits per heavy atom. The van der Waals surface area contributed by atoms with E-state index in [9.17, 15) is 4.79 Å². The molecule has 1 saturated carbocycles. The lowest BCUT2D eigenvalue weighted by Crippen LogP contribution is -2.20. The summed E-state index contributed by atoms with van der Waals surface area (Å²) in [6, 6.07) is 8.16. The molecule has 1 aliphatic carbocycles. The minimum absolute atomic E-state index is 0.0765. The first kappa shape index (κ1) is 9.83. The Labute approximate surface area is 88.4 Å². The van der Waals surface area contributed by atoms with Crippen molar-refractivity contribution in [2.45, 2.75) is 18.9 Å². The van der Waals surface area contributed by atoms with Gasteiger partial charge in [-0.05, 0) is 25.0 Å². The minimum atomic E-state index is -0.462. The fraction of sp³-hybridized carbons (Fsp3) is 0.364. The van der Waals surface area contributed by atoms with Gasteiger partial charge in [0.05, 0.1) is 0 Å². The van der Waals surface area contributed by atoms with Crippen LogP contribution in [0, 0.1) is 0 Å². The summed E-state index contributed by atoms with van der Waals surface area (Å²) < 4.78 is 5.20. The summed E-state index contributed by atoms with van der Waals surface area (Å²) in [5, 5.41) is 3.35. The van der Waals surface area contributed by atoms with Crippen molar-refractivity contribution < 1.29 is 9.53 Å². The van der Waals surface area contributed by atoms with Gasteiger partial charge in [-0.25, -0.2) is 0 Å². The van der Waals surface area contributed by atoms with Gasteiger partial charge in [-0.15, -0.1) is 0 Å². The van der Waals surface area contributed by atoms with Crippen molar-refractivity contribution in [2.24, 2.45) is 5.73 Å². The predicted octanol–water partition coefficient (Wildman–Crippen LogP) is 1.12. The highest BCUT2D eigenvalue weighted by atomic mass is 16.5. The van der Waals surface area contributed by atoms with E-state index in [1.807, 2.05) is 18.2 Å². The van der Waals surface area contributed by atoms with Crippen LogP contribution in [0.1, 0.15) is 12.8 Å². The van der Waals surface area contributed by atoms with Crippen molar-refractivity contribution in [3.8, 4) is 5.75 Å². The average Bonchev–Trinajstić information content (AvgIpc) is 2.99. The molecule has 3 N–H and O–H groups in total. The van der Waals surface area contributed by atoms with Gasteiger partial charge in [0, 0.05) is 17.8 Å². The molecule has 4 nitrogen and oxygen atoms in total. The lowest BCUT2D eigenvalue weighted by Gasteiger charge is -2.07. The number of hydrogen-bond donors (Lipinski definition) is 2. The van der Waals surface area contributed by atoms with Crippen molar-refractivity contribution in [3.05, 3.63) is 24.3 Å². The molecule has 1 aliphatic rings. The second-order valence-corrected chi connectivity index (χ2v) is 3.70. The van der Waals surface area contributed by atoms with E-state index in [1.54, 1.807) is 6.07 Å². The molecule has 15 heavy (non-hydrogen) atoms. The molecular formula is C11H14N2O2. The second kappa shape index (κ2) is 4.21. The summed E-state index contributed by atoms with van der Waals surface area (Å²) in [4.78, 5) is 10.5. The number of ether oxygens (including phenoxy) is 1. The molecule has 0 unspecified atom stereocenters. The van der Waals surface area contributed by atoms with Crippen molar-refractivity contribution >= 4 is 11.6 Å². The molecule has 1 aromatic rings. The molecule has 80 valence electrons. The van der Waals surface area contributed by atoms with E-state index < -0.39 is 5.91 Å². The van der Waals surface area contributed by atoms with E-state index in [4.69, 9.17) is 10.5 Å². The number of hydrogen-bond acceptors (Lipinski definition) is 3. The van der Waals surface area contributed by atoms with Crippen LogP contribution >= 0.6 is 0 Å². The van der Waals surface area contributed by atoms with Crippen molar-refractivity contribution in [1.82, 2.24) is 0 Å². The molecule has 1 fully saturated rings. The highest BCUT2D eigenvalue weighted by Gasteiger charge is 2.20. The zero-order valence-electron chi connectivity index (χ0n) is 8.40. The first-order chi connectivity index (χ1) is 7.24. The summed E-state index contributed by atoms with van der Waals surface area (Å²) in [7, 11) is 0. The molecule has 0 aliphatic heterocycles. The van der Waals surface area contributed by atoms with Gasteiger partial charge in [0.2, 0.25) is 0 Å². The van der Waals surface area contributed by atoms with Crippen LogP contribution in [-0.2, 0) is 4.79 Å². The van der Waals surface area contributed by atoms with Crippen LogP contribution in [0.3, 0.4) is 0 Å². The minimum Gasteiger partial charge on any atom is -0.484 e. The molecule has 4 heteroatoms. The van der Waals surface area contributed by atoms with E-state index in [-0.39, 0.29) is 6.61 Å². The van der Waals surface area contributed by atoms with Gasteiger partial charge in [0.1, 0.15) is 5.75 Å². The maximum Gasteiger partial charge on any atom is 0.255 e. The number of anilines is 1. The summed E-state index contributed by atoms with van der Waals surface area (Å²) in [6.45, 7) is -0.0765. The van der Waals surface area contributed by atoms with Crippen LogP contribution in [0.15, 0.2) is 24.3 Å². The lowest BCUT2D eigenvalue weighted by molar-refractivity contribution is -0.119. The molecule has 0 heterocycles. The zero-order valence-corrected chi connectivity index (χ0v) is 8.40. The highest BCUT2D eigenvalue weighted by molar-refractivity contribution is 5.75. The van der Waals surface area contributed by atoms with Crippen LogP contribution in [0.5, 0.6) is 5.75 Å². The summed E-state index contributed by atoms with van der Waals surface area (Å²) in [5.41, 5.74) is 6.02. The van der Waals surface area contributed by atoms with Crippen LogP contribution in [0.2, 0.25) is 0 Å². The fourth-order valence-electron chi connectivity index (χ4n) is 1.29. The smallest absolute Gasteiger partial charge is 0.255 e. The topological polar surface area (TPSA) is 64.4 Å². The molecule has 0 radical (unpaired) electrons. The molecule has 0 aromatic heterocycles. The Kier molecular flexibility index (Phi) is 2.76. The van der Waals surface area contributed by atoms with E-state index in [1.165, 1.54) is 12.8 Å². The van der Waals surface area contributed by atoms with Crippen molar-refractivity contribution in [3.63, 3.8) is 0 Å². The molecule has 2 rings (SSSR count). The Morgan fingerprint density at radius 1 is 1.53 bits per heavy atom. The van der Waals surface area contributed by atoms with Gasteiger partial charge in [-0.2, -0.15) is 0 Å². The lowest BCUT2D eigenvalue weighted by atomic mass is 10.3. The van der Waals surface area contributed by atoms with Crippen LogP contribution in [0.25, 0.3) is 0 Å². The van der Waals surface area contributed by atoms with E-state index >= 15 is 0 Å². The Morgan fingerprint density at radius 3 is 3.00 bits per heavy atom. The maximum absolute atomic E-state index is 10.5. The Hall–Kier alpha value is -1.71. The summed E-state index contributed by atoms with van der Waals surface area (Å²) in [5.74, 6) is 0.204. The number of amides is 1. The molecular weight excluding hydrogens is 192 g/mol. The molecule has 0 saturated heterocycles. The van der Waals surface area contributed by atoms with Gasteiger partial charge in [0.25, 0.3) is 5.91 Å². The molecule has 1 amide bonds. The second-order valence-electron chi connectivity index (χ2n) is 3.70. The number of nitrogens with one attached hydrogen (secondary N) is 1. The van der Waals surface area contributed by atoms with Gasteiger partial charge >= 0.3 is 0 Å². The van der Waals surface area contributed by atoms with Gasteiger partial charge in [-0.1, -0.05) is 6.07 Å². The monoisotopic (exact) mass is 206 g/mol. The van der Waals surface area contributed by atoms with Crippen LogP contribution < -0.4 is 15.8 Å². The zero-order chi connectivity index (χ0) is 10.7. The first-order valence-electron chi connectivity index (χ1n) is 5.02. The summed E-state index contributed by atoms with van der Waals surface area (Å²) >= 11 is 0. The van der Waals surface area contributed by atoms with Crippen LogP contribution in [-0.4, -0.2) is 18.6 Å². The SMILES string of the molecule is NC(=O)COc1cccc(NC2CC2)c1. The predicted molar refractivity (Wildman–Crippen MR) is 57.8 cm³/mol. The average molecular weight is 206 g/mol.